The summed E-state index contributed by atoms with van der Waals surface area (Å²) in [5.41, 5.74) is 0.388. The SMILES string of the molecule is COc1ccccc1OCc1ccc(/C=C2/NC(=S)N(CC3CCCO3)C2=O)o1. The highest BCUT2D eigenvalue weighted by molar-refractivity contribution is 7.80. The van der Waals surface area contributed by atoms with Gasteiger partial charge in [-0.05, 0) is 49.3 Å². The molecule has 0 saturated carbocycles. The molecule has 1 N–H and O–H groups in total. The van der Waals surface area contributed by atoms with Gasteiger partial charge in [-0.2, -0.15) is 0 Å². The maximum Gasteiger partial charge on any atom is 0.276 e. The van der Waals surface area contributed by atoms with Gasteiger partial charge < -0.3 is 23.9 Å². The summed E-state index contributed by atoms with van der Waals surface area (Å²) in [7, 11) is 1.59. The molecule has 1 amide bonds. The number of hydrogen-bond donors (Lipinski definition) is 1. The first-order valence-electron chi connectivity index (χ1n) is 9.44. The molecule has 0 spiro atoms. The van der Waals surface area contributed by atoms with Gasteiger partial charge in [0.25, 0.3) is 5.91 Å². The first kappa shape index (κ1) is 19.5. The van der Waals surface area contributed by atoms with Crippen LogP contribution in [0.4, 0.5) is 0 Å². The first-order valence-corrected chi connectivity index (χ1v) is 9.85. The van der Waals surface area contributed by atoms with Crippen LogP contribution >= 0.6 is 12.2 Å². The number of ether oxygens (including phenoxy) is 3. The van der Waals surface area contributed by atoms with Crippen molar-refractivity contribution in [2.24, 2.45) is 0 Å². The summed E-state index contributed by atoms with van der Waals surface area (Å²) in [6.45, 7) is 1.45. The van der Waals surface area contributed by atoms with Crippen LogP contribution in [0.2, 0.25) is 0 Å². The van der Waals surface area contributed by atoms with Crippen LogP contribution in [0.15, 0.2) is 46.5 Å². The minimum atomic E-state index is -0.172. The summed E-state index contributed by atoms with van der Waals surface area (Å²) in [6, 6.07) is 11.0. The predicted octanol–water partition coefficient (Wildman–Crippen LogP) is 3.10. The molecule has 3 heterocycles. The Labute approximate surface area is 174 Å². The number of rotatable bonds is 7. The van der Waals surface area contributed by atoms with Gasteiger partial charge in [0.1, 0.15) is 23.8 Å². The van der Waals surface area contributed by atoms with Gasteiger partial charge in [0, 0.05) is 12.7 Å². The predicted molar refractivity (Wildman–Crippen MR) is 110 cm³/mol. The normalized spacial score (nSPS) is 20.4. The molecule has 1 aromatic heterocycles. The van der Waals surface area contributed by atoms with E-state index in [2.05, 4.69) is 5.32 Å². The fraction of sp³-hybridized carbons (Fsp3) is 0.333. The number of benzene rings is 1. The highest BCUT2D eigenvalue weighted by Gasteiger charge is 2.33. The molecule has 7 nitrogen and oxygen atoms in total. The largest absolute Gasteiger partial charge is 0.493 e. The number of para-hydroxylation sites is 2. The van der Waals surface area contributed by atoms with Crippen LogP contribution in [-0.2, 0) is 16.1 Å². The number of nitrogens with one attached hydrogen (secondary N) is 1. The Morgan fingerprint density at radius 3 is 2.86 bits per heavy atom. The molecule has 2 aromatic rings. The summed E-state index contributed by atoms with van der Waals surface area (Å²) >= 11 is 5.31. The van der Waals surface area contributed by atoms with E-state index in [1.807, 2.05) is 30.3 Å². The highest BCUT2D eigenvalue weighted by Crippen LogP contribution is 2.27. The van der Waals surface area contributed by atoms with E-state index < -0.39 is 0 Å². The van der Waals surface area contributed by atoms with Crippen LogP contribution in [0, 0.1) is 0 Å². The Morgan fingerprint density at radius 1 is 1.28 bits per heavy atom. The number of carbonyl (C=O) groups is 1. The topological polar surface area (TPSA) is 73.2 Å². The molecular formula is C21H22N2O5S. The highest BCUT2D eigenvalue weighted by atomic mass is 32.1. The fourth-order valence-electron chi connectivity index (χ4n) is 3.31. The molecule has 0 bridgehead atoms. The van der Waals surface area contributed by atoms with Crippen molar-refractivity contribution in [3.8, 4) is 11.5 Å². The third-order valence-corrected chi connectivity index (χ3v) is 5.10. The molecule has 8 heteroatoms. The zero-order valence-corrected chi connectivity index (χ0v) is 16.9. The van der Waals surface area contributed by atoms with Gasteiger partial charge in [-0.3, -0.25) is 9.69 Å². The van der Waals surface area contributed by atoms with E-state index in [0.717, 1.165) is 19.4 Å². The lowest BCUT2D eigenvalue weighted by atomic mass is 10.2. The average molecular weight is 414 g/mol. The Morgan fingerprint density at radius 2 is 2.10 bits per heavy atom. The molecule has 152 valence electrons. The summed E-state index contributed by atoms with van der Waals surface area (Å²) in [4.78, 5) is 14.2. The smallest absolute Gasteiger partial charge is 0.276 e. The molecule has 29 heavy (non-hydrogen) atoms. The maximum atomic E-state index is 12.7. The van der Waals surface area contributed by atoms with E-state index in [4.69, 9.17) is 30.8 Å². The van der Waals surface area contributed by atoms with Crippen LogP contribution in [-0.4, -0.2) is 42.3 Å². The third-order valence-electron chi connectivity index (χ3n) is 4.78. The van der Waals surface area contributed by atoms with Crippen LogP contribution in [0.5, 0.6) is 11.5 Å². The average Bonchev–Trinajstić information content (AvgIpc) is 3.46. The number of thiocarbonyl (C=S) groups is 1. The van der Waals surface area contributed by atoms with Gasteiger partial charge in [-0.25, -0.2) is 0 Å². The number of carbonyl (C=O) groups excluding carboxylic acids is 1. The number of methoxy groups -OCH3 is 1. The van der Waals surface area contributed by atoms with E-state index in [-0.39, 0.29) is 18.6 Å². The summed E-state index contributed by atoms with van der Waals surface area (Å²) < 4.78 is 22.4. The zero-order chi connectivity index (χ0) is 20.2. The molecular weight excluding hydrogens is 392 g/mol. The van der Waals surface area contributed by atoms with Crippen molar-refractivity contribution in [1.29, 1.82) is 0 Å². The maximum absolute atomic E-state index is 12.7. The molecule has 2 fully saturated rings. The second-order valence-corrected chi connectivity index (χ2v) is 7.17. The molecule has 2 saturated heterocycles. The van der Waals surface area contributed by atoms with Gasteiger partial charge in [0.05, 0.1) is 19.8 Å². The van der Waals surface area contributed by atoms with Crippen LogP contribution in [0.1, 0.15) is 24.4 Å². The summed E-state index contributed by atoms with van der Waals surface area (Å²) in [5.74, 6) is 2.29. The minimum absolute atomic E-state index is 0.0420. The minimum Gasteiger partial charge on any atom is -0.493 e. The van der Waals surface area contributed by atoms with Gasteiger partial charge in [-0.15, -0.1) is 0 Å². The molecule has 0 radical (unpaired) electrons. The van der Waals surface area contributed by atoms with Crippen molar-refractivity contribution in [3.05, 3.63) is 53.6 Å². The second-order valence-electron chi connectivity index (χ2n) is 6.78. The van der Waals surface area contributed by atoms with E-state index in [1.165, 1.54) is 0 Å². The molecule has 0 aliphatic carbocycles. The van der Waals surface area contributed by atoms with E-state index in [0.29, 0.717) is 40.4 Å². The van der Waals surface area contributed by atoms with Crippen molar-refractivity contribution >= 4 is 29.3 Å². The Bertz CT molecular complexity index is 933. The Balaban J connectivity index is 1.39. The molecule has 1 atom stereocenters. The Kier molecular flexibility index (Phi) is 5.82. The second kappa shape index (κ2) is 8.67. The van der Waals surface area contributed by atoms with Gasteiger partial charge >= 0.3 is 0 Å². The molecule has 2 aliphatic rings. The van der Waals surface area contributed by atoms with Crippen LogP contribution < -0.4 is 14.8 Å². The van der Waals surface area contributed by atoms with Gasteiger partial charge in [-0.1, -0.05) is 12.1 Å². The summed E-state index contributed by atoms with van der Waals surface area (Å²) in [6.07, 6.45) is 3.65. The van der Waals surface area contributed by atoms with Crippen molar-refractivity contribution in [2.45, 2.75) is 25.6 Å². The Hall–Kier alpha value is -2.84. The third kappa shape index (κ3) is 4.44. The molecule has 2 aliphatic heterocycles. The van der Waals surface area contributed by atoms with E-state index in [9.17, 15) is 4.79 Å². The quantitative estimate of drug-likeness (QED) is 0.551. The lowest BCUT2D eigenvalue weighted by Crippen LogP contribution is -2.37. The number of amides is 1. The lowest BCUT2D eigenvalue weighted by molar-refractivity contribution is -0.123. The van der Waals surface area contributed by atoms with Crippen LogP contribution in [0.3, 0.4) is 0 Å². The zero-order valence-electron chi connectivity index (χ0n) is 16.1. The fourth-order valence-corrected chi connectivity index (χ4v) is 3.58. The van der Waals surface area contributed by atoms with Crippen molar-refractivity contribution < 1.29 is 23.4 Å². The first-order chi connectivity index (χ1) is 14.1. The van der Waals surface area contributed by atoms with E-state index >= 15 is 0 Å². The molecule has 4 rings (SSSR count). The monoisotopic (exact) mass is 414 g/mol. The standard InChI is InChI=1S/C21H22N2O5S/c1-25-18-6-2-3-7-19(18)27-13-16-9-8-14(28-16)11-17-20(24)23(21(29)22-17)12-15-5-4-10-26-15/h2-3,6-9,11,15H,4-5,10,12-13H2,1H3,(H,22,29)/b17-11+. The van der Waals surface area contributed by atoms with Gasteiger partial charge in [0.2, 0.25) is 0 Å². The number of nitrogens with zero attached hydrogens (tertiary/aromatic N) is 1. The summed E-state index contributed by atoms with van der Waals surface area (Å²) in [5, 5.41) is 3.36. The van der Waals surface area contributed by atoms with Crippen molar-refractivity contribution in [2.75, 3.05) is 20.3 Å². The number of furan rings is 1. The lowest BCUT2D eigenvalue weighted by Gasteiger charge is -2.18. The molecule has 1 aromatic carbocycles. The van der Waals surface area contributed by atoms with Crippen LogP contribution in [0.25, 0.3) is 6.08 Å². The van der Waals surface area contributed by atoms with Crippen molar-refractivity contribution in [1.82, 2.24) is 10.2 Å². The van der Waals surface area contributed by atoms with Crippen molar-refractivity contribution in [3.63, 3.8) is 0 Å². The van der Waals surface area contributed by atoms with Gasteiger partial charge in [0.15, 0.2) is 16.6 Å². The molecule has 1 unspecified atom stereocenters. The van der Waals surface area contributed by atoms with E-state index in [1.54, 1.807) is 24.2 Å². The number of hydrogen-bond acceptors (Lipinski definition) is 6.